The Morgan fingerprint density at radius 2 is 1.88 bits per heavy atom. The van der Waals surface area contributed by atoms with Gasteiger partial charge in [-0.05, 0) is 48.0 Å². The number of nitrogens with zero attached hydrogens (tertiary/aromatic N) is 1. The van der Waals surface area contributed by atoms with Crippen molar-refractivity contribution in [1.82, 2.24) is 4.98 Å². The van der Waals surface area contributed by atoms with E-state index in [9.17, 15) is 13.6 Å². The van der Waals surface area contributed by atoms with Crippen LogP contribution in [-0.2, 0) is 4.79 Å². The molecule has 1 amide bonds. The van der Waals surface area contributed by atoms with Gasteiger partial charge >= 0.3 is 0 Å². The highest BCUT2D eigenvalue weighted by Gasteiger charge is 2.06. The zero-order valence-corrected chi connectivity index (χ0v) is 13.5. The van der Waals surface area contributed by atoms with E-state index in [4.69, 9.17) is 4.74 Å². The van der Waals surface area contributed by atoms with Gasteiger partial charge in [-0.25, -0.2) is 8.78 Å². The third-order valence-corrected chi connectivity index (χ3v) is 3.38. The van der Waals surface area contributed by atoms with Crippen LogP contribution in [0.1, 0.15) is 5.56 Å². The van der Waals surface area contributed by atoms with E-state index in [1.807, 2.05) is 0 Å². The third kappa shape index (κ3) is 4.51. The lowest BCUT2D eigenvalue weighted by atomic mass is 10.2. The largest absolute Gasteiger partial charge is 0.453 e. The number of carbonyl (C=O) groups excluding carboxylic acids is 1. The maximum Gasteiger partial charge on any atom is 0.248 e. The molecule has 0 fully saturated rings. The lowest BCUT2D eigenvalue weighted by Crippen LogP contribution is -2.09. The summed E-state index contributed by atoms with van der Waals surface area (Å²) in [4.78, 5) is 15.7. The summed E-state index contributed by atoms with van der Waals surface area (Å²) >= 11 is 0. The van der Waals surface area contributed by atoms with E-state index in [1.165, 1.54) is 48.7 Å². The number of nitrogens with one attached hydrogen (secondary N) is 1. The Kier molecular flexibility index (Phi) is 5.34. The van der Waals surface area contributed by atoms with Crippen LogP contribution < -0.4 is 10.1 Å². The second-order valence-electron chi connectivity index (χ2n) is 5.28. The molecule has 1 aromatic heterocycles. The third-order valence-electron chi connectivity index (χ3n) is 3.38. The molecule has 26 heavy (non-hydrogen) atoms. The highest BCUT2D eigenvalue weighted by atomic mass is 19.1. The topological polar surface area (TPSA) is 51.2 Å². The van der Waals surface area contributed by atoms with Crippen LogP contribution in [-0.4, -0.2) is 10.9 Å². The van der Waals surface area contributed by atoms with Gasteiger partial charge in [0, 0.05) is 12.3 Å². The number of halogens is 2. The van der Waals surface area contributed by atoms with E-state index in [2.05, 4.69) is 10.3 Å². The van der Waals surface area contributed by atoms with Crippen molar-refractivity contribution in [2.45, 2.75) is 0 Å². The van der Waals surface area contributed by atoms with Crippen molar-refractivity contribution in [3.63, 3.8) is 0 Å². The molecular weight excluding hydrogens is 338 g/mol. The molecule has 2 aromatic carbocycles. The maximum atomic E-state index is 14.1. The second-order valence-corrected chi connectivity index (χ2v) is 5.28. The first-order valence-corrected chi connectivity index (χ1v) is 7.73. The number of aromatic nitrogens is 1. The highest BCUT2D eigenvalue weighted by Crippen LogP contribution is 2.24. The standard InChI is InChI=1S/C20H14F2N2O2/c21-16-5-1-2-6-18(16)24-20(25)10-8-14-7-9-19(17(22)12-14)26-15-4-3-11-23-13-15/h1-13H,(H,24,25)/b10-8+. The fourth-order valence-corrected chi connectivity index (χ4v) is 2.15. The van der Waals surface area contributed by atoms with Crippen molar-refractivity contribution in [2.24, 2.45) is 0 Å². The first-order valence-electron chi connectivity index (χ1n) is 7.73. The van der Waals surface area contributed by atoms with E-state index in [0.29, 0.717) is 11.3 Å². The van der Waals surface area contributed by atoms with E-state index >= 15 is 0 Å². The van der Waals surface area contributed by atoms with E-state index < -0.39 is 17.5 Å². The van der Waals surface area contributed by atoms with Crippen molar-refractivity contribution >= 4 is 17.7 Å². The molecule has 6 heteroatoms. The summed E-state index contributed by atoms with van der Waals surface area (Å²) in [6.45, 7) is 0. The van der Waals surface area contributed by atoms with Crippen LogP contribution in [0.5, 0.6) is 11.5 Å². The highest BCUT2D eigenvalue weighted by molar-refractivity contribution is 6.01. The summed E-state index contributed by atoms with van der Waals surface area (Å²) in [5.41, 5.74) is 0.540. The van der Waals surface area contributed by atoms with Gasteiger partial charge in [-0.2, -0.15) is 0 Å². The molecule has 0 atom stereocenters. The second kappa shape index (κ2) is 8.02. The number of amides is 1. The molecule has 0 saturated heterocycles. The summed E-state index contributed by atoms with van der Waals surface area (Å²) in [6, 6.07) is 13.5. The minimum absolute atomic E-state index is 0.0472. The van der Waals surface area contributed by atoms with E-state index in [-0.39, 0.29) is 11.4 Å². The smallest absolute Gasteiger partial charge is 0.248 e. The Hall–Kier alpha value is -3.54. The predicted molar refractivity (Wildman–Crippen MR) is 94.8 cm³/mol. The minimum atomic E-state index is -0.578. The molecule has 0 aliphatic heterocycles. The van der Waals surface area contributed by atoms with Crippen LogP contribution in [0.4, 0.5) is 14.5 Å². The molecule has 0 aliphatic rings. The lowest BCUT2D eigenvalue weighted by Gasteiger charge is -2.06. The molecular formula is C20H14F2N2O2. The first kappa shape index (κ1) is 17.3. The van der Waals surface area contributed by atoms with Crippen molar-refractivity contribution in [2.75, 3.05) is 5.32 Å². The first-order chi connectivity index (χ1) is 12.6. The van der Waals surface area contributed by atoms with Gasteiger partial charge in [-0.1, -0.05) is 18.2 Å². The molecule has 0 radical (unpaired) electrons. The number of hydrogen-bond donors (Lipinski definition) is 1. The number of para-hydroxylation sites is 1. The number of ether oxygens (including phenoxy) is 1. The van der Waals surface area contributed by atoms with Gasteiger partial charge in [0.25, 0.3) is 0 Å². The molecule has 0 unspecified atom stereocenters. The van der Waals surface area contributed by atoms with Crippen LogP contribution in [0, 0.1) is 11.6 Å². The fourth-order valence-electron chi connectivity index (χ4n) is 2.15. The van der Waals surface area contributed by atoms with Crippen LogP contribution in [0.25, 0.3) is 6.08 Å². The van der Waals surface area contributed by atoms with Crippen LogP contribution in [0.2, 0.25) is 0 Å². The van der Waals surface area contributed by atoms with Gasteiger partial charge in [0.2, 0.25) is 5.91 Å². The van der Waals surface area contributed by atoms with Crippen LogP contribution in [0.15, 0.2) is 73.1 Å². The number of hydrogen-bond acceptors (Lipinski definition) is 3. The number of anilines is 1. The quantitative estimate of drug-likeness (QED) is 0.671. The fraction of sp³-hybridized carbons (Fsp3) is 0. The van der Waals surface area contributed by atoms with Gasteiger partial charge in [-0.3, -0.25) is 9.78 Å². The van der Waals surface area contributed by atoms with Crippen molar-refractivity contribution in [1.29, 1.82) is 0 Å². The zero-order valence-electron chi connectivity index (χ0n) is 13.5. The van der Waals surface area contributed by atoms with Gasteiger partial charge in [0.1, 0.15) is 11.6 Å². The normalized spacial score (nSPS) is 10.7. The Balaban J connectivity index is 1.66. The number of benzene rings is 2. The average Bonchev–Trinajstić information content (AvgIpc) is 2.65. The maximum absolute atomic E-state index is 14.1. The van der Waals surface area contributed by atoms with Crippen molar-refractivity contribution in [3.05, 3.63) is 90.3 Å². The molecule has 0 spiro atoms. The van der Waals surface area contributed by atoms with Crippen molar-refractivity contribution in [3.8, 4) is 11.5 Å². The minimum Gasteiger partial charge on any atom is -0.453 e. The molecule has 3 rings (SSSR count). The van der Waals surface area contributed by atoms with Gasteiger partial charge < -0.3 is 10.1 Å². The SMILES string of the molecule is O=C(/C=C/c1ccc(Oc2cccnc2)c(F)c1)Nc1ccccc1F. The molecule has 130 valence electrons. The van der Waals surface area contributed by atoms with Gasteiger partial charge in [0.05, 0.1) is 11.9 Å². The Morgan fingerprint density at radius 1 is 1.04 bits per heavy atom. The van der Waals surface area contributed by atoms with E-state index in [1.54, 1.807) is 30.5 Å². The zero-order chi connectivity index (χ0) is 18.4. The Bertz CT molecular complexity index is 944. The van der Waals surface area contributed by atoms with Gasteiger partial charge in [0.15, 0.2) is 11.6 Å². The number of rotatable bonds is 5. The van der Waals surface area contributed by atoms with Crippen LogP contribution >= 0.6 is 0 Å². The molecule has 0 bridgehead atoms. The molecule has 1 N–H and O–H groups in total. The van der Waals surface area contributed by atoms with Crippen molar-refractivity contribution < 1.29 is 18.3 Å². The molecule has 3 aromatic rings. The lowest BCUT2D eigenvalue weighted by molar-refractivity contribution is -0.111. The molecule has 4 nitrogen and oxygen atoms in total. The average molecular weight is 352 g/mol. The molecule has 0 aliphatic carbocycles. The monoisotopic (exact) mass is 352 g/mol. The summed E-state index contributed by atoms with van der Waals surface area (Å²) < 4.78 is 33.0. The summed E-state index contributed by atoms with van der Waals surface area (Å²) in [5.74, 6) is -1.17. The Morgan fingerprint density at radius 3 is 2.62 bits per heavy atom. The molecule has 0 saturated carbocycles. The number of pyridine rings is 1. The predicted octanol–water partition coefficient (Wildman–Crippen LogP) is 4.80. The summed E-state index contributed by atoms with van der Waals surface area (Å²) in [6.07, 6.45) is 5.68. The summed E-state index contributed by atoms with van der Waals surface area (Å²) in [5, 5.41) is 2.41. The van der Waals surface area contributed by atoms with Gasteiger partial charge in [-0.15, -0.1) is 0 Å². The molecule has 1 heterocycles. The van der Waals surface area contributed by atoms with E-state index in [0.717, 1.165) is 0 Å². The Labute approximate surface area is 148 Å². The number of carbonyl (C=O) groups is 1. The summed E-state index contributed by atoms with van der Waals surface area (Å²) in [7, 11) is 0. The van der Waals surface area contributed by atoms with Crippen LogP contribution in [0.3, 0.4) is 0 Å².